The lowest BCUT2D eigenvalue weighted by atomic mass is 10.1. The molecule has 30 heavy (non-hydrogen) atoms. The van der Waals surface area contributed by atoms with Crippen molar-refractivity contribution in [1.29, 1.82) is 0 Å². The van der Waals surface area contributed by atoms with E-state index in [-0.39, 0.29) is 35.8 Å². The van der Waals surface area contributed by atoms with Crippen molar-refractivity contribution in [3.8, 4) is 0 Å². The minimum absolute atomic E-state index is 0.0286. The number of rotatable bonds is 6. The van der Waals surface area contributed by atoms with Gasteiger partial charge in [0.1, 0.15) is 5.82 Å². The maximum Gasteiger partial charge on any atom is 0.241 e. The fraction of sp³-hybridized carbons (Fsp3) is 0.350. The zero-order valence-corrected chi connectivity index (χ0v) is 17.9. The molecule has 0 aliphatic carbocycles. The number of fused-ring (bicyclic) bond motifs is 1. The van der Waals surface area contributed by atoms with Crippen LogP contribution in [0.15, 0.2) is 41.3 Å². The van der Waals surface area contributed by atoms with E-state index in [1.807, 2.05) is 19.9 Å². The topological polar surface area (TPSA) is 126 Å². The molecule has 160 valence electrons. The maximum atomic E-state index is 12.9. The van der Waals surface area contributed by atoms with E-state index in [0.717, 1.165) is 11.3 Å². The van der Waals surface area contributed by atoms with Crippen LogP contribution >= 0.6 is 0 Å². The number of aryl methyl sites for hydroxylation is 1. The molecular formula is C20H25N5O4S. The number of aromatic nitrogens is 1. The Labute approximate surface area is 175 Å². The third kappa shape index (κ3) is 5.02. The Kier molecular flexibility index (Phi) is 6.20. The summed E-state index contributed by atoms with van der Waals surface area (Å²) >= 11 is 0. The van der Waals surface area contributed by atoms with E-state index in [4.69, 9.17) is 5.14 Å². The SMILES string of the molecule is Cc1cccc(NC(=O)CN(C)CC(=O)N2c3ccc(S(N)(=O)=O)cc3CC2C)n1. The fourth-order valence-electron chi connectivity index (χ4n) is 3.57. The van der Waals surface area contributed by atoms with Gasteiger partial charge in [0.15, 0.2) is 0 Å². The van der Waals surface area contributed by atoms with E-state index in [0.29, 0.717) is 17.9 Å². The van der Waals surface area contributed by atoms with Crippen LogP contribution in [0.25, 0.3) is 0 Å². The summed E-state index contributed by atoms with van der Waals surface area (Å²) in [7, 11) is -2.11. The van der Waals surface area contributed by atoms with E-state index in [2.05, 4.69) is 10.3 Å². The summed E-state index contributed by atoms with van der Waals surface area (Å²) in [4.78, 5) is 32.7. The number of pyridine rings is 1. The van der Waals surface area contributed by atoms with Gasteiger partial charge in [-0.3, -0.25) is 14.5 Å². The average molecular weight is 432 g/mol. The molecule has 10 heteroatoms. The zero-order chi connectivity index (χ0) is 22.1. The van der Waals surface area contributed by atoms with Crippen molar-refractivity contribution < 1.29 is 18.0 Å². The van der Waals surface area contributed by atoms with E-state index < -0.39 is 10.0 Å². The molecule has 2 heterocycles. The van der Waals surface area contributed by atoms with Gasteiger partial charge in [-0.1, -0.05) is 6.07 Å². The molecule has 0 saturated carbocycles. The number of anilines is 2. The van der Waals surface area contributed by atoms with Gasteiger partial charge < -0.3 is 10.2 Å². The quantitative estimate of drug-likeness (QED) is 0.699. The van der Waals surface area contributed by atoms with Crippen LogP contribution in [0.1, 0.15) is 18.2 Å². The first-order chi connectivity index (χ1) is 14.0. The molecule has 3 rings (SSSR count). The van der Waals surface area contributed by atoms with Gasteiger partial charge in [0.25, 0.3) is 0 Å². The molecule has 1 aromatic carbocycles. The second-order valence-electron chi connectivity index (χ2n) is 7.54. The van der Waals surface area contributed by atoms with Crippen molar-refractivity contribution in [1.82, 2.24) is 9.88 Å². The van der Waals surface area contributed by atoms with Crippen LogP contribution in [-0.4, -0.2) is 56.3 Å². The average Bonchev–Trinajstić information content (AvgIpc) is 2.95. The van der Waals surface area contributed by atoms with E-state index in [1.54, 1.807) is 35.0 Å². The van der Waals surface area contributed by atoms with Crippen LogP contribution < -0.4 is 15.4 Å². The molecular weight excluding hydrogens is 406 g/mol. The number of benzene rings is 1. The Morgan fingerprint density at radius 1 is 1.27 bits per heavy atom. The number of likely N-dealkylation sites (N-methyl/N-ethyl adjacent to an activating group) is 1. The second-order valence-corrected chi connectivity index (χ2v) is 9.10. The predicted molar refractivity (Wildman–Crippen MR) is 114 cm³/mol. The molecule has 3 N–H and O–H groups in total. The highest BCUT2D eigenvalue weighted by Crippen LogP contribution is 2.33. The summed E-state index contributed by atoms with van der Waals surface area (Å²) in [6, 6.07) is 9.74. The van der Waals surface area contributed by atoms with Gasteiger partial charge in [-0.15, -0.1) is 0 Å². The zero-order valence-electron chi connectivity index (χ0n) is 17.1. The number of nitrogens with two attached hydrogens (primary N) is 1. The number of carbonyl (C=O) groups is 2. The third-order valence-corrected chi connectivity index (χ3v) is 5.75. The number of hydrogen-bond acceptors (Lipinski definition) is 6. The molecule has 1 aliphatic heterocycles. The summed E-state index contributed by atoms with van der Waals surface area (Å²) in [5.74, 6) is 0.0251. The first-order valence-electron chi connectivity index (χ1n) is 9.44. The lowest BCUT2D eigenvalue weighted by Gasteiger charge is -2.25. The van der Waals surface area contributed by atoms with E-state index in [9.17, 15) is 18.0 Å². The lowest BCUT2D eigenvalue weighted by molar-refractivity contribution is -0.121. The molecule has 0 saturated heterocycles. The van der Waals surface area contributed by atoms with Crippen molar-refractivity contribution in [2.24, 2.45) is 5.14 Å². The summed E-state index contributed by atoms with van der Waals surface area (Å²) in [5.41, 5.74) is 2.22. The van der Waals surface area contributed by atoms with Crippen molar-refractivity contribution in [3.63, 3.8) is 0 Å². The molecule has 2 aromatic rings. The number of amides is 2. The molecule has 1 aliphatic rings. The van der Waals surface area contributed by atoms with E-state index in [1.165, 1.54) is 12.1 Å². The summed E-state index contributed by atoms with van der Waals surface area (Å²) < 4.78 is 23.2. The summed E-state index contributed by atoms with van der Waals surface area (Å²) in [6.07, 6.45) is 0.535. The van der Waals surface area contributed by atoms with Gasteiger partial charge in [0.2, 0.25) is 21.8 Å². The van der Waals surface area contributed by atoms with E-state index >= 15 is 0 Å². The number of sulfonamides is 1. The molecule has 9 nitrogen and oxygen atoms in total. The smallest absolute Gasteiger partial charge is 0.241 e. The van der Waals surface area contributed by atoms with Gasteiger partial charge in [-0.05, 0) is 63.2 Å². The Balaban J connectivity index is 1.64. The lowest BCUT2D eigenvalue weighted by Crippen LogP contribution is -2.43. The van der Waals surface area contributed by atoms with Crippen LogP contribution in [0, 0.1) is 6.92 Å². The molecule has 0 fully saturated rings. The van der Waals surface area contributed by atoms with Crippen molar-refractivity contribution in [3.05, 3.63) is 47.7 Å². The highest BCUT2D eigenvalue weighted by atomic mass is 32.2. The maximum absolute atomic E-state index is 12.9. The highest BCUT2D eigenvalue weighted by molar-refractivity contribution is 7.89. The van der Waals surface area contributed by atoms with Gasteiger partial charge in [-0.25, -0.2) is 18.5 Å². The molecule has 2 amide bonds. The van der Waals surface area contributed by atoms with Crippen LogP contribution in [0.2, 0.25) is 0 Å². The van der Waals surface area contributed by atoms with Gasteiger partial charge in [-0.2, -0.15) is 0 Å². The monoisotopic (exact) mass is 431 g/mol. The van der Waals surface area contributed by atoms with Crippen molar-refractivity contribution >= 4 is 33.3 Å². The van der Waals surface area contributed by atoms with Crippen LogP contribution in [0.5, 0.6) is 0 Å². The molecule has 1 aromatic heterocycles. The van der Waals surface area contributed by atoms with Gasteiger partial charge >= 0.3 is 0 Å². The standard InChI is InChI=1S/C20H25N5O4S/c1-13-5-4-6-18(22-13)23-19(26)11-24(3)12-20(27)25-14(2)9-15-10-16(30(21,28)29)7-8-17(15)25/h4-8,10,14H,9,11-12H2,1-3H3,(H2,21,28,29)(H,22,23,26). The Hall–Kier alpha value is -2.82. The Morgan fingerprint density at radius 3 is 2.67 bits per heavy atom. The highest BCUT2D eigenvalue weighted by Gasteiger charge is 2.32. The first-order valence-corrected chi connectivity index (χ1v) is 11.0. The van der Waals surface area contributed by atoms with Gasteiger partial charge in [0, 0.05) is 17.4 Å². The summed E-state index contributed by atoms with van der Waals surface area (Å²) in [5, 5.41) is 7.91. The molecule has 1 atom stereocenters. The number of nitrogens with one attached hydrogen (secondary N) is 1. The number of hydrogen-bond donors (Lipinski definition) is 2. The normalized spacial score (nSPS) is 15.9. The molecule has 1 unspecified atom stereocenters. The minimum Gasteiger partial charge on any atom is -0.310 e. The Morgan fingerprint density at radius 2 is 2.00 bits per heavy atom. The second kappa shape index (κ2) is 8.50. The van der Waals surface area contributed by atoms with Crippen molar-refractivity contribution in [2.45, 2.75) is 31.2 Å². The number of carbonyl (C=O) groups excluding carboxylic acids is 2. The minimum atomic E-state index is -3.80. The predicted octanol–water partition coefficient (Wildman–Crippen LogP) is 0.886. The van der Waals surface area contributed by atoms with Crippen LogP contribution in [0.3, 0.4) is 0 Å². The number of nitrogens with zero attached hydrogens (tertiary/aromatic N) is 3. The largest absolute Gasteiger partial charge is 0.310 e. The fourth-order valence-corrected chi connectivity index (χ4v) is 4.13. The van der Waals surface area contributed by atoms with Crippen LogP contribution in [0.4, 0.5) is 11.5 Å². The third-order valence-electron chi connectivity index (χ3n) is 4.84. The molecule has 0 radical (unpaired) electrons. The number of primary sulfonamides is 1. The first kappa shape index (κ1) is 21.9. The summed E-state index contributed by atoms with van der Waals surface area (Å²) in [6.45, 7) is 3.79. The van der Waals surface area contributed by atoms with Crippen molar-refractivity contribution in [2.75, 3.05) is 30.4 Å². The Bertz CT molecular complexity index is 1090. The van der Waals surface area contributed by atoms with Crippen LogP contribution in [-0.2, 0) is 26.0 Å². The molecule has 0 spiro atoms. The molecule has 0 bridgehead atoms. The van der Waals surface area contributed by atoms with Gasteiger partial charge in [0.05, 0.1) is 18.0 Å².